The summed E-state index contributed by atoms with van der Waals surface area (Å²) in [6.45, 7) is 3.34. The van der Waals surface area contributed by atoms with Crippen molar-refractivity contribution in [1.29, 1.82) is 0 Å². The van der Waals surface area contributed by atoms with Crippen LogP contribution in [0.2, 0.25) is 4.34 Å². The number of piperazine rings is 1. The van der Waals surface area contributed by atoms with E-state index in [1.54, 1.807) is 11.3 Å². The molecule has 102 valence electrons. The molecule has 2 heterocycles. The first-order valence-electron chi connectivity index (χ1n) is 6.20. The van der Waals surface area contributed by atoms with Crippen molar-refractivity contribution in [2.24, 2.45) is 5.84 Å². The number of hydrogen-bond acceptors (Lipinski definition) is 5. The average molecular weight is 289 g/mol. The minimum atomic E-state index is 0.182. The third-order valence-electron chi connectivity index (χ3n) is 3.63. The molecular formula is C12H21ClN4S. The SMILES string of the molecule is CN1CCN(C)C(CC(NN)c2ccc(Cl)s2)C1. The standard InChI is InChI=1S/C12H21ClN4S/c1-16-5-6-17(2)9(8-16)7-10(15-14)11-3-4-12(13)18-11/h3-4,9-10,15H,5-8,14H2,1-2H3. The van der Waals surface area contributed by atoms with Crippen LogP contribution in [0, 0.1) is 0 Å². The number of hydrogen-bond donors (Lipinski definition) is 2. The first-order chi connectivity index (χ1) is 8.60. The third-order valence-corrected chi connectivity index (χ3v) is 4.97. The molecule has 2 unspecified atom stereocenters. The van der Waals surface area contributed by atoms with Gasteiger partial charge in [-0.15, -0.1) is 11.3 Å². The van der Waals surface area contributed by atoms with E-state index >= 15 is 0 Å². The lowest BCUT2D eigenvalue weighted by atomic mass is 10.0. The molecule has 18 heavy (non-hydrogen) atoms. The lowest BCUT2D eigenvalue weighted by Crippen LogP contribution is -2.51. The van der Waals surface area contributed by atoms with Gasteiger partial charge in [0.25, 0.3) is 0 Å². The highest BCUT2D eigenvalue weighted by atomic mass is 35.5. The van der Waals surface area contributed by atoms with E-state index < -0.39 is 0 Å². The van der Waals surface area contributed by atoms with E-state index in [0.29, 0.717) is 6.04 Å². The molecule has 3 N–H and O–H groups in total. The number of halogens is 1. The lowest BCUT2D eigenvalue weighted by Gasteiger charge is -2.39. The zero-order valence-electron chi connectivity index (χ0n) is 10.9. The molecule has 0 spiro atoms. The van der Waals surface area contributed by atoms with Crippen LogP contribution >= 0.6 is 22.9 Å². The Balaban J connectivity index is 2.01. The van der Waals surface area contributed by atoms with Crippen molar-refractivity contribution >= 4 is 22.9 Å². The highest BCUT2D eigenvalue weighted by Crippen LogP contribution is 2.30. The van der Waals surface area contributed by atoms with Gasteiger partial charge in [-0.2, -0.15) is 0 Å². The molecule has 1 aliphatic heterocycles. The average Bonchev–Trinajstić information content (AvgIpc) is 2.77. The monoisotopic (exact) mass is 288 g/mol. The van der Waals surface area contributed by atoms with Crippen LogP contribution in [0.3, 0.4) is 0 Å². The number of likely N-dealkylation sites (N-methyl/N-ethyl adjacent to an activating group) is 2. The predicted octanol–water partition coefficient (Wildman–Crippen LogP) is 1.54. The summed E-state index contributed by atoms with van der Waals surface area (Å²) >= 11 is 7.59. The predicted molar refractivity (Wildman–Crippen MR) is 77.9 cm³/mol. The minimum Gasteiger partial charge on any atom is -0.304 e. The van der Waals surface area contributed by atoms with E-state index in [0.717, 1.165) is 30.4 Å². The second-order valence-electron chi connectivity index (χ2n) is 4.99. The maximum absolute atomic E-state index is 5.99. The molecule has 0 aromatic carbocycles. The fourth-order valence-electron chi connectivity index (χ4n) is 2.41. The van der Waals surface area contributed by atoms with Crippen LogP contribution < -0.4 is 11.3 Å². The fraction of sp³-hybridized carbons (Fsp3) is 0.667. The van der Waals surface area contributed by atoms with E-state index in [2.05, 4.69) is 35.4 Å². The summed E-state index contributed by atoms with van der Waals surface area (Å²) in [5, 5.41) is 0. The topological polar surface area (TPSA) is 44.5 Å². The summed E-state index contributed by atoms with van der Waals surface area (Å²) in [6.07, 6.45) is 1.01. The molecule has 0 amide bonds. The lowest BCUT2D eigenvalue weighted by molar-refractivity contribution is 0.101. The van der Waals surface area contributed by atoms with Crippen molar-refractivity contribution in [2.45, 2.75) is 18.5 Å². The molecule has 1 saturated heterocycles. The molecular weight excluding hydrogens is 268 g/mol. The van der Waals surface area contributed by atoms with Crippen molar-refractivity contribution < 1.29 is 0 Å². The van der Waals surface area contributed by atoms with Crippen molar-refractivity contribution in [2.75, 3.05) is 33.7 Å². The van der Waals surface area contributed by atoms with Crippen molar-refractivity contribution in [3.63, 3.8) is 0 Å². The minimum absolute atomic E-state index is 0.182. The van der Waals surface area contributed by atoms with Gasteiger partial charge in [-0.05, 0) is 32.6 Å². The third kappa shape index (κ3) is 3.44. The molecule has 4 nitrogen and oxygen atoms in total. The maximum Gasteiger partial charge on any atom is 0.0931 e. The summed E-state index contributed by atoms with van der Waals surface area (Å²) in [6, 6.07) is 4.71. The van der Waals surface area contributed by atoms with Gasteiger partial charge in [-0.3, -0.25) is 11.3 Å². The molecule has 0 saturated carbocycles. The Morgan fingerprint density at radius 2 is 2.28 bits per heavy atom. The normalized spacial score (nSPS) is 24.3. The van der Waals surface area contributed by atoms with Gasteiger partial charge in [-0.25, -0.2) is 0 Å². The second-order valence-corrected chi connectivity index (χ2v) is 6.74. The Hall–Kier alpha value is -0.170. The summed E-state index contributed by atoms with van der Waals surface area (Å²) in [5.74, 6) is 5.69. The summed E-state index contributed by atoms with van der Waals surface area (Å²) in [7, 11) is 4.36. The molecule has 2 rings (SSSR count). The molecule has 1 aromatic rings. The van der Waals surface area contributed by atoms with Crippen LogP contribution in [0.1, 0.15) is 17.3 Å². The van der Waals surface area contributed by atoms with Gasteiger partial charge in [0.15, 0.2) is 0 Å². The first kappa shape index (κ1) is 14.2. The number of nitrogens with two attached hydrogens (primary N) is 1. The zero-order valence-corrected chi connectivity index (χ0v) is 12.5. The molecule has 0 bridgehead atoms. The van der Waals surface area contributed by atoms with Gasteiger partial charge in [0.1, 0.15) is 0 Å². The molecule has 6 heteroatoms. The van der Waals surface area contributed by atoms with Gasteiger partial charge in [0.2, 0.25) is 0 Å². The number of thiophene rings is 1. The molecule has 0 radical (unpaired) electrons. The first-order valence-corrected chi connectivity index (χ1v) is 7.39. The molecule has 1 aliphatic rings. The zero-order chi connectivity index (χ0) is 13.1. The van der Waals surface area contributed by atoms with Crippen molar-refractivity contribution in [3.8, 4) is 0 Å². The van der Waals surface area contributed by atoms with Crippen LogP contribution in [-0.4, -0.2) is 49.6 Å². The van der Waals surface area contributed by atoms with Gasteiger partial charge in [-0.1, -0.05) is 11.6 Å². The smallest absolute Gasteiger partial charge is 0.0931 e. The van der Waals surface area contributed by atoms with Gasteiger partial charge in [0.05, 0.1) is 10.4 Å². The Kier molecular flexibility index (Phi) is 5.00. The Bertz CT molecular complexity index is 384. The second kappa shape index (κ2) is 6.32. The quantitative estimate of drug-likeness (QED) is 0.652. The largest absolute Gasteiger partial charge is 0.304 e. The Labute approximate surface area is 118 Å². The van der Waals surface area contributed by atoms with Crippen LogP contribution in [0.4, 0.5) is 0 Å². The molecule has 1 aromatic heterocycles. The molecule has 1 fully saturated rings. The summed E-state index contributed by atoms with van der Waals surface area (Å²) < 4.78 is 0.819. The Morgan fingerprint density at radius 1 is 1.50 bits per heavy atom. The van der Waals surface area contributed by atoms with E-state index in [1.165, 1.54) is 4.88 Å². The number of hydrazine groups is 1. The van der Waals surface area contributed by atoms with Crippen LogP contribution in [0.5, 0.6) is 0 Å². The van der Waals surface area contributed by atoms with Crippen LogP contribution in [0.25, 0.3) is 0 Å². The summed E-state index contributed by atoms with van der Waals surface area (Å²) in [5.41, 5.74) is 2.92. The van der Waals surface area contributed by atoms with Crippen molar-refractivity contribution in [3.05, 3.63) is 21.3 Å². The van der Waals surface area contributed by atoms with E-state index in [4.69, 9.17) is 17.4 Å². The van der Waals surface area contributed by atoms with E-state index in [9.17, 15) is 0 Å². The number of nitrogens with one attached hydrogen (secondary N) is 1. The number of nitrogens with zero attached hydrogens (tertiary/aromatic N) is 2. The van der Waals surface area contributed by atoms with E-state index in [1.807, 2.05) is 6.07 Å². The van der Waals surface area contributed by atoms with Crippen LogP contribution in [-0.2, 0) is 0 Å². The van der Waals surface area contributed by atoms with Crippen molar-refractivity contribution in [1.82, 2.24) is 15.2 Å². The van der Waals surface area contributed by atoms with E-state index in [-0.39, 0.29) is 6.04 Å². The summed E-state index contributed by atoms with van der Waals surface area (Å²) in [4.78, 5) is 6.00. The maximum atomic E-state index is 5.99. The highest BCUT2D eigenvalue weighted by molar-refractivity contribution is 7.16. The number of rotatable bonds is 4. The molecule has 0 aliphatic carbocycles. The van der Waals surface area contributed by atoms with Gasteiger partial charge >= 0.3 is 0 Å². The molecule has 2 atom stereocenters. The highest BCUT2D eigenvalue weighted by Gasteiger charge is 2.26. The van der Waals surface area contributed by atoms with Crippen LogP contribution in [0.15, 0.2) is 12.1 Å². The van der Waals surface area contributed by atoms with Gasteiger partial charge < -0.3 is 9.80 Å². The fourth-order valence-corrected chi connectivity index (χ4v) is 3.54. The Morgan fingerprint density at radius 3 is 2.89 bits per heavy atom. The van der Waals surface area contributed by atoms with Gasteiger partial charge in [0, 0.05) is 30.6 Å².